The molecule has 0 aromatic heterocycles. The lowest BCUT2D eigenvalue weighted by atomic mass is 9.89. The molecule has 2 heterocycles. The number of unbranched alkanes of at least 4 members (excludes halogenated alkanes) is 1. The largest absolute Gasteiger partial charge is 0.497 e. The molecule has 1 saturated carbocycles. The summed E-state index contributed by atoms with van der Waals surface area (Å²) < 4.78 is 40.0. The number of aliphatic hydroxyl groups excluding tert-OH is 1. The Hall–Kier alpha value is -3.11. The monoisotopic (exact) mass is 613 g/mol. The summed E-state index contributed by atoms with van der Waals surface area (Å²) in [4.78, 5) is 33.8. The number of aliphatic hydroxyl groups is 1. The Bertz CT molecular complexity index is 1260. The molecule has 4 aliphatic rings. The van der Waals surface area contributed by atoms with Crippen LogP contribution in [0.25, 0.3) is 0 Å². The highest BCUT2D eigenvalue weighted by Gasteiger charge is 2.42. The van der Waals surface area contributed by atoms with Crippen LogP contribution in [0.15, 0.2) is 47.2 Å². The Morgan fingerprint density at radius 1 is 1.16 bits per heavy atom. The maximum Gasteiger partial charge on any atom is 0.243 e. The van der Waals surface area contributed by atoms with Gasteiger partial charge in [-0.1, -0.05) is 25.8 Å². The van der Waals surface area contributed by atoms with Crippen LogP contribution in [0, 0.1) is 29.4 Å². The number of hydrogen-bond acceptors (Lipinski definition) is 6. The Kier molecular flexibility index (Phi) is 10.8. The van der Waals surface area contributed by atoms with Crippen LogP contribution in [0.2, 0.25) is 0 Å². The normalized spacial score (nSPS) is 31.5. The molecule has 44 heavy (non-hydrogen) atoms. The first-order valence-electron chi connectivity index (χ1n) is 16.1. The fourth-order valence-electron chi connectivity index (χ4n) is 7.07. The van der Waals surface area contributed by atoms with Crippen molar-refractivity contribution in [1.29, 1.82) is 0 Å². The molecule has 5 rings (SSSR count). The van der Waals surface area contributed by atoms with Crippen LogP contribution < -0.4 is 5.32 Å². The Labute approximate surface area is 258 Å². The van der Waals surface area contributed by atoms with Crippen molar-refractivity contribution in [1.82, 2.24) is 10.2 Å². The molecule has 2 fully saturated rings. The van der Waals surface area contributed by atoms with Gasteiger partial charge in [-0.25, -0.2) is 8.78 Å². The smallest absolute Gasteiger partial charge is 0.243 e. The number of allylic oxidation sites excluding steroid dienone is 2. The van der Waals surface area contributed by atoms with Crippen molar-refractivity contribution in [3.63, 3.8) is 0 Å². The van der Waals surface area contributed by atoms with Crippen LogP contribution in [0.4, 0.5) is 8.78 Å². The molecule has 2 aliphatic heterocycles. The van der Waals surface area contributed by atoms with E-state index in [1.54, 1.807) is 12.0 Å². The number of fused-ring (bicyclic) bond motifs is 5. The Balaban J connectivity index is 1.42. The minimum atomic E-state index is -1.14. The van der Waals surface area contributed by atoms with E-state index in [1.807, 2.05) is 12.2 Å². The van der Waals surface area contributed by atoms with Gasteiger partial charge in [0.2, 0.25) is 11.8 Å². The number of aliphatic imine (C=N–C) groups is 1. The number of nitrogens with zero attached hydrogens (tertiary/aromatic N) is 2. The van der Waals surface area contributed by atoms with E-state index in [9.17, 15) is 23.5 Å². The van der Waals surface area contributed by atoms with E-state index in [1.165, 1.54) is 12.1 Å². The lowest BCUT2D eigenvalue weighted by Gasteiger charge is -2.31. The quantitative estimate of drug-likeness (QED) is 0.472. The maximum atomic E-state index is 14.1. The fraction of sp³-hybridized carbons (Fsp3) is 0.618. The zero-order valence-electron chi connectivity index (χ0n) is 25.7. The van der Waals surface area contributed by atoms with E-state index < -0.39 is 29.8 Å². The van der Waals surface area contributed by atoms with Crippen LogP contribution in [-0.4, -0.2) is 78.6 Å². The fourth-order valence-corrected chi connectivity index (χ4v) is 7.07. The standard InChI is InChI=1S/C34H45F2N3O5/c1-3-4-7-22-11-12-39(34(22)42)30-8-5-6-13-44-32-19-28(27-18-25(43-2)9-10-26(27)32)37-20-31(40)29(38-33(30)41)16-21-14-23(35)17-24(36)15-21/h9-10,14-15,17-18,22,26-27,29-32,40H,3-8,11-13,16,19-20H2,1-2H3,(H,38,41)/t22-,26?,27?,29-,30-,31+,32+/m0/s1. The number of hydrogen-bond donors (Lipinski definition) is 2. The minimum absolute atomic E-state index is 0.000481. The summed E-state index contributed by atoms with van der Waals surface area (Å²) in [6.07, 6.45) is 10.8. The van der Waals surface area contributed by atoms with Crippen LogP contribution in [0.3, 0.4) is 0 Å². The summed E-state index contributed by atoms with van der Waals surface area (Å²) in [6.45, 7) is 3.11. The van der Waals surface area contributed by atoms with Crippen molar-refractivity contribution in [2.45, 2.75) is 89.0 Å². The number of likely N-dealkylation sites (tertiary alicyclic amines) is 1. The molecule has 10 heteroatoms. The summed E-state index contributed by atoms with van der Waals surface area (Å²) in [5.74, 6) is -1.11. The summed E-state index contributed by atoms with van der Waals surface area (Å²) >= 11 is 0. The molecule has 1 aromatic carbocycles. The number of ether oxygens (including phenoxy) is 2. The second-order valence-electron chi connectivity index (χ2n) is 12.5. The number of halogens is 2. The first-order chi connectivity index (χ1) is 21.3. The van der Waals surface area contributed by atoms with Gasteiger partial charge in [0.15, 0.2) is 0 Å². The third-order valence-corrected chi connectivity index (χ3v) is 9.49. The number of nitrogens with one attached hydrogen (secondary N) is 1. The Morgan fingerprint density at radius 3 is 2.70 bits per heavy atom. The highest BCUT2D eigenvalue weighted by molar-refractivity contribution is 5.92. The van der Waals surface area contributed by atoms with Crippen molar-refractivity contribution < 1.29 is 33.0 Å². The molecule has 2 amide bonds. The van der Waals surface area contributed by atoms with E-state index in [4.69, 9.17) is 14.5 Å². The van der Waals surface area contributed by atoms with Crippen molar-refractivity contribution in [2.24, 2.45) is 22.7 Å². The number of benzene rings is 1. The van der Waals surface area contributed by atoms with Crippen molar-refractivity contribution in [2.75, 3.05) is 26.8 Å². The second kappa shape index (κ2) is 14.8. The lowest BCUT2D eigenvalue weighted by molar-refractivity contribution is -0.140. The van der Waals surface area contributed by atoms with E-state index in [0.717, 1.165) is 49.6 Å². The van der Waals surface area contributed by atoms with Crippen LogP contribution in [0.5, 0.6) is 0 Å². The van der Waals surface area contributed by atoms with Gasteiger partial charge in [-0.05, 0) is 68.4 Å². The summed E-state index contributed by atoms with van der Waals surface area (Å²) in [6, 6.07) is 1.62. The molecule has 1 aromatic rings. The third-order valence-electron chi connectivity index (χ3n) is 9.49. The van der Waals surface area contributed by atoms with Crippen LogP contribution in [0.1, 0.15) is 63.9 Å². The topological polar surface area (TPSA) is 100 Å². The number of carbonyl (C=O) groups excluding carboxylic acids is 2. The average molecular weight is 614 g/mol. The van der Waals surface area contributed by atoms with Gasteiger partial charge in [0.05, 0.1) is 31.9 Å². The number of rotatable bonds is 7. The predicted octanol–water partition coefficient (Wildman–Crippen LogP) is 4.51. The zero-order chi connectivity index (χ0) is 31.2. The van der Waals surface area contributed by atoms with Crippen molar-refractivity contribution in [3.05, 3.63) is 59.4 Å². The van der Waals surface area contributed by atoms with E-state index in [0.29, 0.717) is 38.0 Å². The second-order valence-corrected chi connectivity index (χ2v) is 12.5. The number of carbonyl (C=O) groups is 2. The molecule has 7 atom stereocenters. The number of amides is 2. The van der Waals surface area contributed by atoms with Gasteiger partial charge < -0.3 is 24.8 Å². The predicted molar refractivity (Wildman–Crippen MR) is 163 cm³/mol. The van der Waals surface area contributed by atoms with Crippen molar-refractivity contribution in [3.8, 4) is 0 Å². The van der Waals surface area contributed by atoms with Gasteiger partial charge >= 0.3 is 0 Å². The van der Waals surface area contributed by atoms with Crippen molar-refractivity contribution >= 4 is 17.5 Å². The molecular weight excluding hydrogens is 568 g/mol. The van der Waals surface area contributed by atoms with Crippen LogP contribution in [-0.2, 0) is 25.5 Å². The van der Waals surface area contributed by atoms with Gasteiger partial charge in [0.25, 0.3) is 0 Å². The van der Waals surface area contributed by atoms with Gasteiger partial charge in [-0.3, -0.25) is 14.6 Å². The summed E-state index contributed by atoms with van der Waals surface area (Å²) in [5, 5.41) is 14.4. The molecule has 2 aliphatic carbocycles. The summed E-state index contributed by atoms with van der Waals surface area (Å²) in [7, 11) is 1.62. The van der Waals surface area contributed by atoms with Crippen LogP contribution >= 0.6 is 0 Å². The molecule has 0 spiro atoms. The molecule has 8 nitrogen and oxygen atoms in total. The summed E-state index contributed by atoms with van der Waals surface area (Å²) in [5.41, 5.74) is 1.19. The van der Waals surface area contributed by atoms with Gasteiger partial charge in [0, 0.05) is 49.1 Å². The minimum Gasteiger partial charge on any atom is -0.497 e. The first-order valence-corrected chi connectivity index (χ1v) is 16.1. The molecule has 0 radical (unpaired) electrons. The van der Waals surface area contributed by atoms with Gasteiger partial charge in [-0.15, -0.1) is 0 Å². The lowest BCUT2D eigenvalue weighted by Crippen LogP contribution is -2.54. The van der Waals surface area contributed by atoms with Gasteiger partial charge in [-0.2, -0.15) is 0 Å². The molecular formula is C34H45F2N3O5. The first kappa shape index (κ1) is 32.3. The average Bonchev–Trinajstić information content (AvgIpc) is 3.53. The zero-order valence-corrected chi connectivity index (χ0v) is 25.7. The van der Waals surface area contributed by atoms with E-state index >= 15 is 0 Å². The van der Waals surface area contributed by atoms with Gasteiger partial charge in [0.1, 0.15) is 23.4 Å². The van der Waals surface area contributed by atoms with E-state index in [-0.39, 0.29) is 48.6 Å². The Morgan fingerprint density at radius 2 is 1.95 bits per heavy atom. The highest BCUT2D eigenvalue weighted by atomic mass is 19.1. The molecule has 2 N–H and O–H groups in total. The molecule has 1 saturated heterocycles. The molecule has 2 unspecified atom stereocenters. The molecule has 240 valence electrons. The number of methoxy groups -OCH3 is 1. The van der Waals surface area contributed by atoms with E-state index in [2.05, 4.69) is 18.3 Å². The SMILES string of the molecule is CCCC[C@H]1CCN([C@H]2CCCCO[C@@H]3CC(=NC[C@@H](O)[C@H](Cc4cc(F)cc(F)c4)NC2=O)C2C=C(OC)C=CC23)C1=O. The molecule has 2 bridgehead atoms. The third kappa shape index (κ3) is 7.57. The maximum absolute atomic E-state index is 14.1. The highest BCUT2D eigenvalue weighted by Crippen LogP contribution is 2.38.